The van der Waals surface area contributed by atoms with Gasteiger partial charge in [0.05, 0.1) is 0 Å². The molecule has 27 heavy (non-hydrogen) atoms. The molecule has 1 aliphatic rings. The molecule has 9 heteroatoms. The minimum absolute atomic E-state index is 0.526. The Morgan fingerprint density at radius 3 is 2.48 bits per heavy atom. The summed E-state index contributed by atoms with van der Waals surface area (Å²) in [5.41, 5.74) is 0.628. The van der Waals surface area contributed by atoms with Crippen LogP contribution in [0.3, 0.4) is 0 Å². The van der Waals surface area contributed by atoms with Crippen LogP contribution < -0.4 is 10.2 Å². The number of aromatic nitrogens is 2. The smallest absolute Gasteiger partial charge is 0.205 e. The lowest BCUT2D eigenvalue weighted by Crippen LogP contribution is -2.52. The average Bonchev–Trinajstić information content (AvgIpc) is 3.14. The predicted molar refractivity (Wildman–Crippen MR) is 104 cm³/mol. The molecule has 0 unspecified atom stereocenters. The first kappa shape index (κ1) is 19.5. The highest BCUT2D eigenvalue weighted by Gasteiger charge is 2.21. The molecule has 3 rings (SSSR count). The molecule has 1 saturated heterocycles. The normalized spacial score (nSPS) is 15.3. The van der Waals surface area contributed by atoms with Crippen molar-refractivity contribution in [3.8, 4) is 0 Å². The van der Waals surface area contributed by atoms with E-state index in [0.717, 1.165) is 55.6 Å². The van der Waals surface area contributed by atoms with E-state index in [1.54, 1.807) is 7.05 Å². The topological polar surface area (TPSA) is 56.7 Å². The fourth-order valence-corrected chi connectivity index (χ4v) is 3.83. The van der Waals surface area contributed by atoms with Gasteiger partial charge in [-0.2, -0.15) is 4.37 Å². The fourth-order valence-electron chi connectivity index (χ4n) is 3.03. The molecule has 146 valence electrons. The van der Waals surface area contributed by atoms with Crippen molar-refractivity contribution in [3.63, 3.8) is 0 Å². The van der Waals surface area contributed by atoms with Crippen LogP contribution in [0.2, 0.25) is 0 Å². The van der Waals surface area contributed by atoms with E-state index in [4.69, 9.17) is 0 Å². The zero-order valence-corrected chi connectivity index (χ0v) is 16.4. The predicted octanol–water partition coefficient (Wildman–Crippen LogP) is 2.32. The van der Waals surface area contributed by atoms with Gasteiger partial charge in [-0.1, -0.05) is 6.92 Å². The van der Waals surface area contributed by atoms with Crippen molar-refractivity contribution in [2.45, 2.75) is 19.8 Å². The highest BCUT2D eigenvalue weighted by atomic mass is 32.1. The van der Waals surface area contributed by atoms with Gasteiger partial charge in [-0.05, 0) is 24.1 Å². The van der Waals surface area contributed by atoms with Crippen LogP contribution in [0.4, 0.5) is 13.9 Å². The van der Waals surface area contributed by atoms with Gasteiger partial charge in [-0.25, -0.2) is 13.8 Å². The first-order valence-corrected chi connectivity index (χ1v) is 9.84. The Kier molecular flexibility index (Phi) is 6.54. The van der Waals surface area contributed by atoms with Crippen LogP contribution in [0.1, 0.15) is 18.3 Å². The number of nitrogens with zero attached hydrogens (tertiary/aromatic N) is 5. The maximum Gasteiger partial charge on any atom is 0.205 e. The van der Waals surface area contributed by atoms with Gasteiger partial charge >= 0.3 is 0 Å². The first-order valence-electron chi connectivity index (χ1n) is 9.07. The average molecular weight is 394 g/mol. The zero-order chi connectivity index (χ0) is 19.2. The van der Waals surface area contributed by atoms with Crippen LogP contribution >= 0.6 is 11.5 Å². The number of aliphatic imine (C=N–C) groups is 1. The number of aryl methyl sites for hydroxylation is 1. The number of anilines is 1. The first-order chi connectivity index (χ1) is 13.1. The van der Waals surface area contributed by atoms with E-state index in [-0.39, 0.29) is 0 Å². The van der Waals surface area contributed by atoms with E-state index < -0.39 is 11.6 Å². The minimum atomic E-state index is -0.548. The number of halogens is 2. The van der Waals surface area contributed by atoms with Gasteiger partial charge in [0.1, 0.15) is 17.5 Å². The molecule has 0 amide bonds. The van der Waals surface area contributed by atoms with E-state index >= 15 is 0 Å². The summed E-state index contributed by atoms with van der Waals surface area (Å²) in [6.45, 7) is 5.98. The quantitative estimate of drug-likeness (QED) is 0.623. The molecule has 1 aromatic carbocycles. The molecule has 1 aliphatic heterocycles. The van der Waals surface area contributed by atoms with Crippen LogP contribution in [0.15, 0.2) is 23.2 Å². The standard InChI is InChI=1S/C18H24F2N6S/c1-3-16-23-18(27-24-16)26-8-6-25(7-9-26)17(21-2)22-5-4-13-10-14(19)12-15(20)11-13/h10-12H,3-9H2,1-2H3,(H,21,22). The number of nitrogens with one attached hydrogen (secondary N) is 1. The van der Waals surface area contributed by atoms with E-state index in [1.165, 1.54) is 23.7 Å². The molecule has 0 aliphatic carbocycles. The maximum atomic E-state index is 13.3. The number of hydrogen-bond acceptors (Lipinski definition) is 5. The van der Waals surface area contributed by atoms with Crippen molar-refractivity contribution >= 4 is 22.6 Å². The van der Waals surface area contributed by atoms with Gasteiger partial charge in [0.15, 0.2) is 5.96 Å². The maximum absolute atomic E-state index is 13.3. The summed E-state index contributed by atoms with van der Waals surface area (Å²) in [5.74, 6) is 0.601. The second kappa shape index (κ2) is 9.07. The molecule has 1 N–H and O–H groups in total. The molecule has 0 atom stereocenters. The van der Waals surface area contributed by atoms with Crippen molar-refractivity contribution in [1.29, 1.82) is 0 Å². The van der Waals surface area contributed by atoms with Crippen molar-refractivity contribution in [2.24, 2.45) is 4.99 Å². The monoisotopic (exact) mass is 394 g/mol. The third-order valence-corrected chi connectivity index (χ3v) is 5.27. The van der Waals surface area contributed by atoms with Gasteiger partial charge < -0.3 is 15.1 Å². The molecule has 6 nitrogen and oxygen atoms in total. The molecule has 1 aromatic heterocycles. The molecule has 2 aromatic rings. The van der Waals surface area contributed by atoms with Gasteiger partial charge in [-0.15, -0.1) is 0 Å². The largest absolute Gasteiger partial charge is 0.356 e. The van der Waals surface area contributed by atoms with Gasteiger partial charge in [0, 0.05) is 63.8 Å². The van der Waals surface area contributed by atoms with Gasteiger partial charge in [0.25, 0.3) is 0 Å². The molecule has 0 spiro atoms. The Labute approximate surface area is 162 Å². The third kappa shape index (κ3) is 5.12. The summed E-state index contributed by atoms with van der Waals surface area (Å²) in [7, 11) is 1.74. The van der Waals surface area contributed by atoms with E-state index in [1.807, 2.05) is 0 Å². The van der Waals surface area contributed by atoms with Crippen molar-refractivity contribution in [3.05, 3.63) is 41.2 Å². The summed E-state index contributed by atoms with van der Waals surface area (Å²) in [6, 6.07) is 3.61. The van der Waals surface area contributed by atoms with E-state index in [0.29, 0.717) is 18.5 Å². The van der Waals surface area contributed by atoms with Crippen LogP contribution in [0, 0.1) is 11.6 Å². The molecule has 1 fully saturated rings. The number of hydrogen-bond donors (Lipinski definition) is 1. The summed E-state index contributed by atoms with van der Waals surface area (Å²) >= 11 is 1.45. The highest BCUT2D eigenvalue weighted by molar-refractivity contribution is 7.09. The van der Waals surface area contributed by atoms with Crippen LogP contribution in [-0.4, -0.2) is 60.0 Å². The molecule has 0 bridgehead atoms. The molecule has 0 radical (unpaired) electrons. The second-order valence-electron chi connectivity index (χ2n) is 6.32. The number of piperazine rings is 1. The SMILES string of the molecule is CCc1nsc(N2CCN(C(=NC)NCCc3cc(F)cc(F)c3)CC2)n1. The molecular weight excluding hydrogens is 370 g/mol. The van der Waals surface area contributed by atoms with Crippen molar-refractivity contribution < 1.29 is 8.78 Å². The van der Waals surface area contributed by atoms with Crippen LogP contribution in [-0.2, 0) is 12.8 Å². The second-order valence-corrected chi connectivity index (χ2v) is 7.05. The van der Waals surface area contributed by atoms with Crippen LogP contribution in [0.5, 0.6) is 0 Å². The lowest BCUT2D eigenvalue weighted by atomic mass is 10.1. The van der Waals surface area contributed by atoms with E-state index in [2.05, 4.69) is 36.4 Å². The Balaban J connectivity index is 1.48. The number of guanidine groups is 1. The number of benzene rings is 1. The fraction of sp³-hybridized carbons (Fsp3) is 0.500. The summed E-state index contributed by atoms with van der Waals surface area (Å²) < 4.78 is 30.9. The van der Waals surface area contributed by atoms with E-state index in [9.17, 15) is 8.78 Å². The number of rotatable bonds is 5. The molecule has 2 heterocycles. The summed E-state index contributed by atoms with van der Waals surface area (Å²) in [4.78, 5) is 13.3. The lowest BCUT2D eigenvalue weighted by Gasteiger charge is -2.36. The Morgan fingerprint density at radius 2 is 1.89 bits per heavy atom. The highest BCUT2D eigenvalue weighted by Crippen LogP contribution is 2.19. The Hall–Kier alpha value is -2.29. The van der Waals surface area contributed by atoms with Gasteiger partial charge in [0.2, 0.25) is 5.13 Å². The summed E-state index contributed by atoms with van der Waals surface area (Å²) in [5, 5.41) is 4.26. The van der Waals surface area contributed by atoms with Crippen molar-refractivity contribution in [1.82, 2.24) is 19.6 Å². The summed E-state index contributed by atoms with van der Waals surface area (Å²) in [6.07, 6.45) is 1.38. The minimum Gasteiger partial charge on any atom is -0.356 e. The molecule has 0 saturated carbocycles. The Morgan fingerprint density at radius 1 is 1.19 bits per heavy atom. The Bertz CT molecular complexity index is 766. The zero-order valence-electron chi connectivity index (χ0n) is 15.6. The lowest BCUT2D eigenvalue weighted by molar-refractivity contribution is 0.372. The van der Waals surface area contributed by atoms with Crippen molar-refractivity contribution in [2.75, 3.05) is 44.7 Å². The van der Waals surface area contributed by atoms with Crippen LogP contribution in [0.25, 0.3) is 0 Å². The third-order valence-electron chi connectivity index (χ3n) is 4.45. The van der Waals surface area contributed by atoms with Gasteiger partial charge in [-0.3, -0.25) is 4.99 Å². The molecular formula is C18H24F2N6S.